The van der Waals surface area contributed by atoms with E-state index in [4.69, 9.17) is 9.47 Å². The minimum atomic E-state index is -1.13. The van der Waals surface area contributed by atoms with Gasteiger partial charge in [0.15, 0.2) is 11.5 Å². The number of hydrogen-bond acceptors (Lipinski definition) is 4. The largest absolute Gasteiger partial charge is 0.493 e. The van der Waals surface area contributed by atoms with Crippen LogP contribution in [0.5, 0.6) is 11.5 Å². The van der Waals surface area contributed by atoms with Crippen molar-refractivity contribution in [2.75, 3.05) is 13.7 Å². The molecular formula is C18H25NO5. The van der Waals surface area contributed by atoms with E-state index in [1.807, 2.05) is 0 Å². The summed E-state index contributed by atoms with van der Waals surface area (Å²) < 4.78 is 11.0. The number of amides is 1. The van der Waals surface area contributed by atoms with Crippen molar-refractivity contribution in [2.24, 2.45) is 5.92 Å². The Morgan fingerprint density at radius 1 is 1.29 bits per heavy atom. The lowest BCUT2D eigenvalue weighted by Crippen LogP contribution is -2.59. The van der Waals surface area contributed by atoms with E-state index in [1.54, 1.807) is 18.2 Å². The zero-order valence-corrected chi connectivity index (χ0v) is 14.4. The van der Waals surface area contributed by atoms with E-state index in [0.29, 0.717) is 42.4 Å². The SMILES string of the molecule is COc1cc(C(=O)NC2(C(=O)O)CCC2)ccc1OCCC(C)C. The Bertz CT molecular complexity index is 607. The molecule has 0 bridgehead atoms. The Balaban J connectivity index is 2.08. The van der Waals surface area contributed by atoms with E-state index in [9.17, 15) is 14.7 Å². The summed E-state index contributed by atoms with van der Waals surface area (Å²) >= 11 is 0. The average Bonchev–Trinajstić information content (AvgIpc) is 2.50. The monoisotopic (exact) mass is 335 g/mol. The molecule has 1 aliphatic rings. The Morgan fingerprint density at radius 3 is 2.50 bits per heavy atom. The standard InChI is InChI=1S/C18H25NO5/c1-12(2)7-10-24-14-6-5-13(11-15(14)23-3)16(20)19-18(17(21)22)8-4-9-18/h5-6,11-12H,4,7-10H2,1-3H3,(H,19,20)(H,21,22). The maximum absolute atomic E-state index is 12.4. The second-order valence-corrected chi connectivity index (χ2v) is 6.59. The molecule has 1 amide bonds. The molecule has 0 heterocycles. The van der Waals surface area contributed by atoms with Crippen LogP contribution in [-0.4, -0.2) is 36.2 Å². The van der Waals surface area contributed by atoms with Gasteiger partial charge in [0, 0.05) is 5.56 Å². The van der Waals surface area contributed by atoms with E-state index < -0.39 is 17.4 Å². The first-order chi connectivity index (χ1) is 11.4. The Labute approximate surface area is 142 Å². The summed E-state index contributed by atoms with van der Waals surface area (Å²) in [6.45, 7) is 4.81. The van der Waals surface area contributed by atoms with Crippen LogP contribution in [0, 0.1) is 5.92 Å². The van der Waals surface area contributed by atoms with Gasteiger partial charge in [0.1, 0.15) is 5.54 Å². The third-order valence-electron chi connectivity index (χ3n) is 4.35. The van der Waals surface area contributed by atoms with Crippen LogP contribution in [0.15, 0.2) is 18.2 Å². The highest BCUT2D eigenvalue weighted by molar-refractivity contribution is 5.98. The van der Waals surface area contributed by atoms with Crippen LogP contribution < -0.4 is 14.8 Å². The summed E-state index contributed by atoms with van der Waals surface area (Å²) in [6.07, 6.45) is 2.65. The first-order valence-corrected chi connectivity index (χ1v) is 8.25. The highest BCUT2D eigenvalue weighted by atomic mass is 16.5. The van der Waals surface area contributed by atoms with Crippen LogP contribution in [-0.2, 0) is 4.79 Å². The Hall–Kier alpha value is -2.24. The van der Waals surface area contributed by atoms with Crippen molar-refractivity contribution in [2.45, 2.75) is 45.1 Å². The number of methoxy groups -OCH3 is 1. The van der Waals surface area contributed by atoms with Crippen LogP contribution in [0.4, 0.5) is 0 Å². The van der Waals surface area contributed by atoms with Gasteiger partial charge in [0.2, 0.25) is 0 Å². The van der Waals surface area contributed by atoms with Crippen molar-refractivity contribution in [3.8, 4) is 11.5 Å². The van der Waals surface area contributed by atoms with E-state index in [-0.39, 0.29) is 0 Å². The number of rotatable bonds is 8. The minimum absolute atomic E-state index is 0.357. The van der Waals surface area contributed by atoms with Gasteiger partial charge in [-0.3, -0.25) is 4.79 Å². The highest BCUT2D eigenvalue weighted by Gasteiger charge is 2.45. The van der Waals surface area contributed by atoms with Crippen LogP contribution in [0.25, 0.3) is 0 Å². The molecule has 1 aromatic rings. The van der Waals surface area contributed by atoms with Crippen molar-refractivity contribution in [3.63, 3.8) is 0 Å². The zero-order valence-electron chi connectivity index (χ0n) is 14.4. The van der Waals surface area contributed by atoms with Gasteiger partial charge >= 0.3 is 5.97 Å². The van der Waals surface area contributed by atoms with E-state index in [0.717, 1.165) is 12.8 Å². The number of carbonyl (C=O) groups is 2. The summed E-state index contributed by atoms with van der Waals surface area (Å²) in [4.78, 5) is 23.7. The normalized spacial score (nSPS) is 15.5. The van der Waals surface area contributed by atoms with Gasteiger partial charge in [-0.25, -0.2) is 4.79 Å². The maximum atomic E-state index is 12.4. The van der Waals surface area contributed by atoms with Gasteiger partial charge in [0.25, 0.3) is 5.91 Å². The average molecular weight is 335 g/mol. The fourth-order valence-electron chi connectivity index (χ4n) is 2.54. The first-order valence-electron chi connectivity index (χ1n) is 8.25. The molecule has 1 fully saturated rings. The van der Waals surface area contributed by atoms with Crippen LogP contribution in [0.2, 0.25) is 0 Å². The summed E-state index contributed by atoms with van der Waals surface area (Å²) in [5.41, 5.74) is -0.771. The molecule has 0 radical (unpaired) electrons. The molecule has 132 valence electrons. The second kappa shape index (κ2) is 7.55. The molecule has 2 N–H and O–H groups in total. The third kappa shape index (κ3) is 3.99. The minimum Gasteiger partial charge on any atom is -0.493 e. The molecule has 0 unspecified atom stereocenters. The molecule has 1 aromatic carbocycles. The molecule has 0 saturated heterocycles. The number of carboxylic acids is 1. The molecule has 1 saturated carbocycles. The molecule has 0 aromatic heterocycles. The lowest BCUT2D eigenvalue weighted by molar-refractivity contribution is -0.148. The molecule has 6 heteroatoms. The van der Waals surface area contributed by atoms with Gasteiger partial charge < -0.3 is 19.9 Å². The molecule has 0 atom stereocenters. The fraction of sp³-hybridized carbons (Fsp3) is 0.556. The zero-order chi connectivity index (χ0) is 17.7. The molecule has 0 spiro atoms. The van der Waals surface area contributed by atoms with Crippen molar-refractivity contribution in [1.82, 2.24) is 5.32 Å². The molecule has 6 nitrogen and oxygen atoms in total. The summed E-state index contributed by atoms with van der Waals surface area (Å²) in [5, 5.41) is 11.9. The second-order valence-electron chi connectivity index (χ2n) is 6.59. The number of ether oxygens (including phenoxy) is 2. The predicted molar refractivity (Wildman–Crippen MR) is 89.6 cm³/mol. The Kier molecular flexibility index (Phi) is 5.70. The molecule has 1 aliphatic carbocycles. The third-order valence-corrected chi connectivity index (χ3v) is 4.35. The van der Waals surface area contributed by atoms with E-state index >= 15 is 0 Å². The molecule has 0 aliphatic heterocycles. The van der Waals surface area contributed by atoms with Crippen LogP contribution in [0.1, 0.15) is 49.9 Å². The lowest BCUT2D eigenvalue weighted by Gasteiger charge is -2.38. The summed E-state index contributed by atoms with van der Waals surface area (Å²) in [6, 6.07) is 4.88. The summed E-state index contributed by atoms with van der Waals surface area (Å²) in [7, 11) is 1.51. The number of carboxylic acid groups (broad SMARTS) is 1. The molecule has 24 heavy (non-hydrogen) atoms. The van der Waals surface area contributed by atoms with Gasteiger partial charge in [-0.1, -0.05) is 13.8 Å². The van der Waals surface area contributed by atoms with Crippen LogP contribution >= 0.6 is 0 Å². The number of hydrogen-bond donors (Lipinski definition) is 2. The van der Waals surface area contributed by atoms with Crippen molar-refractivity contribution in [3.05, 3.63) is 23.8 Å². The van der Waals surface area contributed by atoms with Crippen LogP contribution in [0.3, 0.4) is 0 Å². The Morgan fingerprint density at radius 2 is 2.00 bits per heavy atom. The maximum Gasteiger partial charge on any atom is 0.329 e. The van der Waals surface area contributed by atoms with Crippen molar-refractivity contribution >= 4 is 11.9 Å². The first kappa shape index (κ1) is 18.1. The topological polar surface area (TPSA) is 84.9 Å². The van der Waals surface area contributed by atoms with Gasteiger partial charge in [-0.15, -0.1) is 0 Å². The van der Waals surface area contributed by atoms with Gasteiger partial charge in [0.05, 0.1) is 13.7 Å². The predicted octanol–water partition coefficient (Wildman–Crippen LogP) is 2.86. The smallest absolute Gasteiger partial charge is 0.329 e. The summed E-state index contributed by atoms with van der Waals surface area (Å²) in [5.74, 6) is 0.179. The molecule has 2 rings (SSSR count). The van der Waals surface area contributed by atoms with E-state index in [2.05, 4.69) is 19.2 Å². The van der Waals surface area contributed by atoms with Crippen molar-refractivity contribution in [1.29, 1.82) is 0 Å². The number of nitrogens with one attached hydrogen (secondary N) is 1. The lowest BCUT2D eigenvalue weighted by atomic mass is 9.76. The molecular weight excluding hydrogens is 310 g/mol. The van der Waals surface area contributed by atoms with Crippen molar-refractivity contribution < 1.29 is 24.2 Å². The number of carbonyl (C=O) groups excluding carboxylic acids is 1. The number of benzene rings is 1. The quantitative estimate of drug-likeness (QED) is 0.763. The fourth-order valence-corrected chi connectivity index (χ4v) is 2.54. The highest BCUT2D eigenvalue weighted by Crippen LogP contribution is 2.33. The van der Waals surface area contributed by atoms with Gasteiger partial charge in [-0.05, 0) is 49.8 Å². The number of aliphatic carboxylic acids is 1. The van der Waals surface area contributed by atoms with Gasteiger partial charge in [-0.2, -0.15) is 0 Å². The van der Waals surface area contributed by atoms with E-state index in [1.165, 1.54) is 7.11 Å².